The van der Waals surface area contributed by atoms with Crippen LogP contribution in [0.4, 0.5) is 0 Å². The molecule has 0 bridgehead atoms. The third-order valence-electron chi connectivity index (χ3n) is 2.18. The summed E-state index contributed by atoms with van der Waals surface area (Å²) in [5, 5.41) is 0.125. The number of hydrogen-bond donors (Lipinski definition) is 0. The first-order valence-corrected chi connectivity index (χ1v) is 5.34. The zero-order chi connectivity index (χ0) is 10.4. The van der Waals surface area contributed by atoms with Crippen molar-refractivity contribution >= 4 is 11.6 Å². The first kappa shape index (κ1) is 11.5. The third kappa shape index (κ3) is 4.12. The van der Waals surface area contributed by atoms with Gasteiger partial charge in [0, 0.05) is 7.11 Å². The molecule has 0 spiro atoms. The smallest absolute Gasteiger partial charge is 0.0626 e. The van der Waals surface area contributed by atoms with Crippen LogP contribution in [0.15, 0.2) is 24.3 Å². The number of methoxy groups -OCH3 is 1. The van der Waals surface area contributed by atoms with E-state index in [1.165, 1.54) is 11.1 Å². The second kappa shape index (κ2) is 6.05. The SMILES string of the molecule is COCC(Cl)CCc1cccc(C)c1. The molecule has 0 aliphatic rings. The minimum absolute atomic E-state index is 0.125. The summed E-state index contributed by atoms with van der Waals surface area (Å²) in [4.78, 5) is 0. The fourth-order valence-electron chi connectivity index (χ4n) is 1.46. The van der Waals surface area contributed by atoms with E-state index in [-0.39, 0.29) is 5.38 Å². The van der Waals surface area contributed by atoms with Gasteiger partial charge in [0.05, 0.1) is 12.0 Å². The van der Waals surface area contributed by atoms with Crippen LogP contribution in [0, 0.1) is 6.92 Å². The van der Waals surface area contributed by atoms with Crippen LogP contribution >= 0.6 is 11.6 Å². The second-order valence-electron chi connectivity index (χ2n) is 3.58. The quantitative estimate of drug-likeness (QED) is 0.682. The molecule has 0 amide bonds. The molecule has 78 valence electrons. The molecule has 0 aliphatic heterocycles. The number of rotatable bonds is 5. The van der Waals surface area contributed by atoms with Crippen molar-refractivity contribution in [2.75, 3.05) is 13.7 Å². The van der Waals surface area contributed by atoms with E-state index in [1.807, 2.05) is 0 Å². The maximum absolute atomic E-state index is 6.05. The second-order valence-corrected chi connectivity index (χ2v) is 4.20. The average molecular weight is 213 g/mol. The molecule has 0 heterocycles. The van der Waals surface area contributed by atoms with Crippen LogP contribution in [-0.2, 0) is 11.2 Å². The van der Waals surface area contributed by atoms with Gasteiger partial charge in [-0.1, -0.05) is 29.8 Å². The predicted octanol–water partition coefficient (Wildman–Crippen LogP) is 3.18. The largest absolute Gasteiger partial charge is 0.383 e. The van der Waals surface area contributed by atoms with Gasteiger partial charge in [0.2, 0.25) is 0 Å². The van der Waals surface area contributed by atoms with Crippen molar-refractivity contribution in [1.82, 2.24) is 0 Å². The summed E-state index contributed by atoms with van der Waals surface area (Å²) >= 11 is 6.05. The van der Waals surface area contributed by atoms with Crippen LogP contribution in [0.1, 0.15) is 17.5 Å². The Balaban J connectivity index is 2.37. The molecular formula is C12H17ClO. The van der Waals surface area contributed by atoms with Crippen molar-refractivity contribution in [3.05, 3.63) is 35.4 Å². The lowest BCUT2D eigenvalue weighted by Crippen LogP contribution is -2.08. The van der Waals surface area contributed by atoms with Crippen molar-refractivity contribution in [2.24, 2.45) is 0 Å². The first-order chi connectivity index (χ1) is 6.72. The van der Waals surface area contributed by atoms with Gasteiger partial charge >= 0.3 is 0 Å². The number of halogens is 1. The van der Waals surface area contributed by atoms with Crippen LogP contribution in [0.2, 0.25) is 0 Å². The molecule has 1 aromatic rings. The van der Waals surface area contributed by atoms with Crippen molar-refractivity contribution in [2.45, 2.75) is 25.1 Å². The van der Waals surface area contributed by atoms with E-state index in [4.69, 9.17) is 16.3 Å². The summed E-state index contributed by atoms with van der Waals surface area (Å²) < 4.78 is 4.98. The summed E-state index contributed by atoms with van der Waals surface area (Å²) in [6, 6.07) is 8.54. The van der Waals surface area contributed by atoms with Crippen LogP contribution in [-0.4, -0.2) is 19.1 Å². The number of benzene rings is 1. The molecule has 1 nitrogen and oxygen atoms in total. The lowest BCUT2D eigenvalue weighted by Gasteiger charge is -2.08. The van der Waals surface area contributed by atoms with Crippen molar-refractivity contribution < 1.29 is 4.74 Å². The lowest BCUT2D eigenvalue weighted by atomic mass is 10.1. The van der Waals surface area contributed by atoms with Gasteiger partial charge in [-0.05, 0) is 25.3 Å². The fourth-order valence-corrected chi connectivity index (χ4v) is 1.69. The van der Waals surface area contributed by atoms with E-state index >= 15 is 0 Å². The van der Waals surface area contributed by atoms with Gasteiger partial charge < -0.3 is 4.74 Å². The highest BCUT2D eigenvalue weighted by atomic mass is 35.5. The Morgan fingerprint density at radius 3 is 2.86 bits per heavy atom. The molecule has 0 N–H and O–H groups in total. The Bertz CT molecular complexity index is 273. The molecule has 0 aliphatic carbocycles. The van der Waals surface area contributed by atoms with E-state index < -0.39 is 0 Å². The minimum atomic E-state index is 0.125. The monoisotopic (exact) mass is 212 g/mol. The van der Waals surface area contributed by atoms with Crippen LogP contribution in [0.5, 0.6) is 0 Å². The highest BCUT2D eigenvalue weighted by Crippen LogP contribution is 2.11. The van der Waals surface area contributed by atoms with Crippen molar-refractivity contribution in [1.29, 1.82) is 0 Å². The van der Waals surface area contributed by atoms with Gasteiger partial charge in [0.15, 0.2) is 0 Å². The zero-order valence-electron chi connectivity index (χ0n) is 8.79. The van der Waals surface area contributed by atoms with Gasteiger partial charge in [-0.25, -0.2) is 0 Å². The lowest BCUT2D eigenvalue weighted by molar-refractivity contribution is 0.195. The average Bonchev–Trinajstić information content (AvgIpc) is 2.15. The third-order valence-corrected chi connectivity index (χ3v) is 2.52. The molecule has 1 aromatic carbocycles. The molecule has 2 heteroatoms. The molecule has 0 saturated carbocycles. The molecule has 0 radical (unpaired) electrons. The molecule has 0 aromatic heterocycles. The topological polar surface area (TPSA) is 9.23 Å². The van der Waals surface area contributed by atoms with E-state index in [1.54, 1.807) is 7.11 Å². The van der Waals surface area contributed by atoms with E-state index in [0.717, 1.165) is 12.8 Å². The Kier molecular flexibility index (Phi) is 4.99. The fraction of sp³-hybridized carbons (Fsp3) is 0.500. The summed E-state index contributed by atoms with van der Waals surface area (Å²) in [5.41, 5.74) is 2.66. The summed E-state index contributed by atoms with van der Waals surface area (Å²) in [5.74, 6) is 0. The van der Waals surface area contributed by atoms with Gasteiger partial charge in [-0.2, -0.15) is 0 Å². The standard InChI is InChI=1S/C12H17ClO/c1-10-4-3-5-11(8-10)6-7-12(13)9-14-2/h3-5,8,12H,6-7,9H2,1-2H3. The first-order valence-electron chi connectivity index (χ1n) is 4.91. The van der Waals surface area contributed by atoms with Crippen LogP contribution < -0.4 is 0 Å². The minimum Gasteiger partial charge on any atom is -0.383 e. The number of aryl methyl sites for hydroxylation is 2. The maximum atomic E-state index is 6.05. The van der Waals surface area contributed by atoms with Gasteiger partial charge in [0.25, 0.3) is 0 Å². The van der Waals surface area contributed by atoms with Gasteiger partial charge in [-0.3, -0.25) is 0 Å². The van der Waals surface area contributed by atoms with Crippen LogP contribution in [0.3, 0.4) is 0 Å². The maximum Gasteiger partial charge on any atom is 0.0626 e. The van der Waals surface area contributed by atoms with E-state index in [0.29, 0.717) is 6.61 Å². The molecule has 0 saturated heterocycles. The van der Waals surface area contributed by atoms with Crippen LogP contribution in [0.25, 0.3) is 0 Å². The molecule has 1 atom stereocenters. The predicted molar refractivity (Wildman–Crippen MR) is 61.0 cm³/mol. The normalized spacial score (nSPS) is 12.8. The summed E-state index contributed by atoms with van der Waals surface area (Å²) in [6.07, 6.45) is 2.00. The van der Waals surface area contributed by atoms with E-state index in [9.17, 15) is 0 Å². The molecule has 1 rings (SSSR count). The highest BCUT2D eigenvalue weighted by Gasteiger charge is 2.03. The highest BCUT2D eigenvalue weighted by molar-refractivity contribution is 6.20. The Morgan fingerprint density at radius 1 is 1.43 bits per heavy atom. The number of alkyl halides is 1. The molecule has 14 heavy (non-hydrogen) atoms. The van der Waals surface area contributed by atoms with Crippen molar-refractivity contribution in [3.63, 3.8) is 0 Å². The Morgan fingerprint density at radius 2 is 2.21 bits per heavy atom. The van der Waals surface area contributed by atoms with Crippen molar-refractivity contribution in [3.8, 4) is 0 Å². The van der Waals surface area contributed by atoms with Gasteiger partial charge in [0.1, 0.15) is 0 Å². The molecule has 1 unspecified atom stereocenters. The zero-order valence-corrected chi connectivity index (χ0v) is 9.55. The summed E-state index contributed by atoms with van der Waals surface area (Å²) in [6.45, 7) is 2.74. The molecular weight excluding hydrogens is 196 g/mol. The Hall–Kier alpha value is -0.530. The number of ether oxygens (including phenoxy) is 1. The van der Waals surface area contributed by atoms with Gasteiger partial charge in [-0.15, -0.1) is 11.6 Å². The number of hydrogen-bond acceptors (Lipinski definition) is 1. The Labute approximate surface area is 91.0 Å². The summed E-state index contributed by atoms with van der Waals surface area (Å²) in [7, 11) is 1.68. The molecule has 0 fully saturated rings. The van der Waals surface area contributed by atoms with E-state index in [2.05, 4.69) is 31.2 Å².